The number of carbonyl (C=O) groups is 2. The summed E-state index contributed by atoms with van der Waals surface area (Å²) in [6, 6.07) is 15.6. The number of ether oxygens (including phenoxy) is 2. The molecule has 2 aromatic rings. The summed E-state index contributed by atoms with van der Waals surface area (Å²) >= 11 is 0. The van der Waals surface area contributed by atoms with Gasteiger partial charge in [0, 0.05) is 32.6 Å². The van der Waals surface area contributed by atoms with Crippen LogP contribution in [-0.4, -0.2) is 55.5 Å². The maximum absolute atomic E-state index is 12.9. The van der Waals surface area contributed by atoms with E-state index in [0.29, 0.717) is 31.2 Å². The van der Waals surface area contributed by atoms with Crippen LogP contribution in [0.25, 0.3) is 0 Å². The van der Waals surface area contributed by atoms with Gasteiger partial charge in [-0.25, -0.2) is 0 Å². The average Bonchev–Trinajstić information content (AvgIpc) is 2.98. The van der Waals surface area contributed by atoms with Gasteiger partial charge in [-0.1, -0.05) is 24.3 Å². The first-order chi connectivity index (χ1) is 15.6. The smallest absolute Gasteiger partial charge is 0.226 e. The number of fused-ring (bicyclic) bond motifs is 1. The molecule has 2 saturated heterocycles. The van der Waals surface area contributed by atoms with E-state index in [2.05, 4.69) is 0 Å². The highest BCUT2D eigenvalue weighted by molar-refractivity contribution is 5.79. The third kappa shape index (κ3) is 5.23. The number of benzene rings is 2. The number of rotatable bonds is 6. The third-order valence-corrected chi connectivity index (χ3v) is 6.85. The molecule has 0 unspecified atom stereocenters. The number of piperidine rings is 1. The zero-order valence-corrected chi connectivity index (χ0v) is 19.0. The monoisotopic (exact) mass is 436 g/mol. The van der Waals surface area contributed by atoms with Crippen LogP contribution in [0.15, 0.2) is 48.5 Å². The van der Waals surface area contributed by atoms with E-state index in [1.807, 2.05) is 58.3 Å². The molecule has 2 atom stereocenters. The van der Waals surface area contributed by atoms with E-state index in [-0.39, 0.29) is 11.8 Å². The second-order valence-electron chi connectivity index (χ2n) is 8.83. The van der Waals surface area contributed by atoms with Gasteiger partial charge in [-0.15, -0.1) is 0 Å². The molecule has 0 aromatic heterocycles. The molecule has 4 rings (SSSR count). The van der Waals surface area contributed by atoms with E-state index in [4.69, 9.17) is 9.47 Å². The molecule has 6 nitrogen and oxygen atoms in total. The molecule has 170 valence electrons. The van der Waals surface area contributed by atoms with Gasteiger partial charge in [-0.2, -0.15) is 0 Å². The number of nitrogens with zero attached hydrogens (tertiary/aromatic N) is 2. The van der Waals surface area contributed by atoms with Crippen molar-refractivity contribution in [1.29, 1.82) is 0 Å². The fourth-order valence-electron chi connectivity index (χ4n) is 4.85. The lowest BCUT2D eigenvalue weighted by molar-refractivity contribution is -0.133. The molecular weight excluding hydrogens is 404 g/mol. The van der Waals surface area contributed by atoms with Gasteiger partial charge in [0.05, 0.1) is 20.6 Å². The molecule has 2 aromatic carbocycles. The van der Waals surface area contributed by atoms with Crippen molar-refractivity contribution < 1.29 is 19.1 Å². The first-order valence-corrected chi connectivity index (χ1v) is 11.4. The van der Waals surface area contributed by atoms with Crippen molar-refractivity contribution in [2.45, 2.75) is 32.2 Å². The highest BCUT2D eigenvalue weighted by atomic mass is 16.5. The Morgan fingerprint density at radius 1 is 0.875 bits per heavy atom. The van der Waals surface area contributed by atoms with Crippen LogP contribution in [0.5, 0.6) is 11.5 Å². The Kier molecular flexibility index (Phi) is 6.98. The van der Waals surface area contributed by atoms with E-state index < -0.39 is 0 Å². The second kappa shape index (κ2) is 10.1. The van der Waals surface area contributed by atoms with Gasteiger partial charge >= 0.3 is 0 Å². The Hall–Kier alpha value is -3.02. The molecule has 0 N–H and O–H groups in total. The minimum atomic E-state index is 0.166. The van der Waals surface area contributed by atoms with Crippen molar-refractivity contribution >= 4 is 11.8 Å². The van der Waals surface area contributed by atoms with Crippen LogP contribution in [0.1, 0.15) is 30.4 Å². The number of methoxy groups -OCH3 is 2. The Morgan fingerprint density at radius 2 is 1.47 bits per heavy atom. The van der Waals surface area contributed by atoms with Crippen LogP contribution in [0, 0.1) is 11.8 Å². The predicted octanol–water partition coefficient (Wildman–Crippen LogP) is 3.53. The number of amides is 2. The van der Waals surface area contributed by atoms with Gasteiger partial charge in [-0.05, 0) is 60.1 Å². The van der Waals surface area contributed by atoms with Crippen molar-refractivity contribution in [2.75, 3.05) is 33.9 Å². The topological polar surface area (TPSA) is 59.1 Å². The molecule has 0 bridgehead atoms. The lowest BCUT2D eigenvalue weighted by Gasteiger charge is -2.37. The summed E-state index contributed by atoms with van der Waals surface area (Å²) < 4.78 is 10.4. The van der Waals surface area contributed by atoms with Gasteiger partial charge in [0.15, 0.2) is 0 Å². The van der Waals surface area contributed by atoms with Crippen molar-refractivity contribution in [2.24, 2.45) is 11.8 Å². The first kappa shape index (κ1) is 22.2. The first-order valence-electron chi connectivity index (χ1n) is 11.4. The van der Waals surface area contributed by atoms with E-state index >= 15 is 0 Å². The summed E-state index contributed by atoms with van der Waals surface area (Å²) in [5, 5.41) is 0. The molecule has 0 saturated carbocycles. The Morgan fingerprint density at radius 3 is 2.09 bits per heavy atom. The summed E-state index contributed by atoms with van der Waals surface area (Å²) in [6.45, 7) is 2.86. The molecule has 6 heteroatoms. The summed E-state index contributed by atoms with van der Waals surface area (Å²) in [5.41, 5.74) is 2.11. The highest BCUT2D eigenvalue weighted by Crippen LogP contribution is 2.33. The zero-order chi connectivity index (χ0) is 22.5. The van der Waals surface area contributed by atoms with Crippen LogP contribution in [0.2, 0.25) is 0 Å². The zero-order valence-electron chi connectivity index (χ0n) is 19.0. The van der Waals surface area contributed by atoms with E-state index in [1.54, 1.807) is 14.2 Å². The van der Waals surface area contributed by atoms with E-state index in [9.17, 15) is 9.59 Å². The van der Waals surface area contributed by atoms with Gasteiger partial charge in [0.2, 0.25) is 11.8 Å². The summed E-state index contributed by atoms with van der Waals surface area (Å²) in [4.78, 5) is 29.8. The van der Waals surface area contributed by atoms with Crippen molar-refractivity contribution in [3.05, 3.63) is 59.7 Å². The van der Waals surface area contributed by atoms with Crippen LogP contribution in [-0.2, 0) is 22.6 Å². The number of hydrogen-bond acceptors (Lipinski definition) is 4. The highest BCUT2D eigenvalue weighted by Gasteiger charge is 2.36. The number of carbonyl (C=O) groups excluding carboxylic acids is 2. The molecule has 32 heavy (non-hydrogen) atoms. The quantitative estimate of drug-likeness (QED) is 0.695. The van der Waals surface area contributed by atoms with Crippen LogP contribution < -0.4 is 9.47 Å². The SMILES string of the molecule is COc1ccc(CC(=O)N2CC[C@@H]3CC(=O)N(Cc4ccc(OC)cc4)CC[C@H]3C2)cc1. The number of likely N-dealkylation sites (tertiary alicyclic amines) is 2. The summed E-state index contributed by atoms with van der Waals surface area (Å²) in [7, 11) is 3.29. The molecule has 2 aliphatic heterocycles. The van der Waals surface area contributed by atoms with E-state index in [1.165, 1.54) is 0 Å². The van der Waals surface area contributed by atoms with Gasteiger partial charge in [0.25, 0.3) is 0 Å². The standard InChI is InChI=1S/C26H32N2O4/c1-31-23-7-3-19(4-8-23)15-25(29)28-13-11-21-16-26(30)27(14-12-22(21)18-28)17-20-5-9-24(32-2)10-6-20/h3-10,21-22H,11-18H2,1-2H3/t21-,22+/m1/s1. The fraction of sp³-hybridized carbons (Fsp3) is 0.462. The molecule has 2 heterocycles. The number of hydrogen-bond donors (Lipinski definition) is 0. The molecule has 2 fully saturated rings. The molecule has 2 amide bonds. The van der Waals surface area contributed by atoms with Crippen molar-refractivity contribution in [3.8, 4) is 11.5 Å². The maximum atomic E-state index is 12.9. The summed E-state index contributed by atoms with van der Waals surface area (Å²) in [6.07, 6.45) is 2.84. The molecule has 0 radical (unpaired) electrons. The minimum Gasteiger partial charge on any atom is -0.497 e. The Bertz CT molecular complexity index is 926. The molecule has 0 spiro atoms. The van der Waals surface area contributed by atoms with Gasteiger partial charge in [0.1, 0.15) is 11.5 Å². The van der Waals surface area contributed by atoms with Crippen molar-refractivity contribution in [3.63, 3.8) is 0 Å². The van der Waals surface area contributed by atoms with Crippen molar-refractivity contribution in [1.82, 2.24) is 9.80 Å². The Labute approximate surface area is 190 Å². The lowest BCUT2D eigenvalue weighted by atomic mass is 9.82. The van der Waals surface area contributed by atoms with Crippen LogP contribution in [0.4, 0.5) is 0 Å². The van der Waals surface area contributed by atoms with E-state index in [0.717, 1.165) is 55.1 Å². The summed E-state index contributed by atoms with van der Waals surface area (Å²) in [5.74, 6) is 2.76. The van der Waals surface area contributed by atoms with Crippen LogP contribution in [0.3, 0.4) is 0 Å². The largest absolute Gasteiger partial charge is 0.497 e. The van der Waals surface area contributed by atoms with Gasteiger partial charge in [-0.3, -0.25) is 9.59 Å². The minimum absolute atomic E-state index is 0.166. The van der Waals surface area contributed by atoms with Crippen LogP contribution >= 0.6 is 0 Å². The normalized spacial score (nSPS) is 21.0. The van der Waals surface area contributed by atoms with Gasteiger partial charge < -0.3 is 19.3 Å². The maximum Gasteiger partial charge on any atom is 0.226 e. The molecular formula is C26H32N2O4. The predicted molar refractivity (Wildman–Crippen MR) is 123 cm³/mol. The fourth-order valence-corrected chi connectivity index (χ4v) is 4.85. The molecule has 2 aliphatic rings. The average molecular weight is 437 g/mol. The molecule has 0 aliphatic carbocycles. The Balaban J connectivity index is 1.34. The third-order valence-electron chi connectivity index (χ3n) is 6.85. The second-order valence-corrected chi connectivity index (χ2v) is 8.83. The lowest BCUT2D eigenvalue weighted by Crippen LogP contribution is -2.44.